The molecule has 0 bridgehead atoms. The van der Waals surface area contributed by atoms with Crippen LogP contribution in [0.5, 0.6) is 5.75 Å². The normalized spacial score (nSPS) is 10.8. The highest BCUT2D eigenvalue weighted by atomic mass is 32.2. The molecule has 6 nitrogen and oxygen atoms in total. The Morgan fingerprint density at radius 1 is 1.03 bits per heavy atom. The molecule has 0 unspecified atom stereocenters. The Morgan fingerprint density at radius 3 is 2.61 bits per heavy atom. The molecule has 0 fully saturated rings. The largest absolute Gasteiger partial charge is 0.497 e. The highest BCUT2D eigenvalue weighted by Crippen LogP contribution is 2.18. The molecule has 7 heteroatoms. The predicted molar refractivity (Wildman–Crippen MR) is 132 cm³/mol. The minimum Gasteiger partial charge on any atom is -0.497 e. The van der Waals surface area contributed by atoms with Crippen molar-refractivity contribution in [2.45, 2.75) is 25.0 Å². The first-order chi connectivity index (χ1) is 16.0. The first kappa shape index (κ1) is 22.6. The number of amides is 1. The lowest BCUT2D eigenvalue weighted by Crippen LogP contribution is -2.27. The summed E-state index contributed by atoms with van der Waals surface area (Å²) >= 11 is 1.16. The average Bonchev–Trinajstić information content (AvgIpc) is 2.84. The minimum absolute atomic E-state index is 0.106. The number of aromatic nitrogens is 2. The Bertz CT molecular complexity index is 1330. The molecule has 1 N–H and O–H groups in total. The lowest BCUT2D eigenvalue weighted by atomic mass is 10.1. The number of thioether (sulfide) groups is 1. The third kappa shape index (κ3) is 5.62. The van der Waals surface area contributed by atoms with Gasteiger partial charge in [0.2, 0.25) is 5.91 Å². The summed E-state index contributed by atoms with van der Waals surface area (Å²) in [6, 6.07) is 23.2. The summed E-state index contributed by atoms with van der Waals surface area (Å²) in [6.07, 6.45) is 0. The number of carbonyl (C=O) groups excluding carboxylic acids is 1. The van der Waals surface area contributed by atoms with E-state index in [2.05, 4.69) is 10.3 Å². The molecule has 4 aromatic rings. The molecule has 1 aromatic heterocycles. The van der Waals surface area contributed by atoms with Crippen molar-refractivity contribution in [1.29, 1.82) is 0 Å². The van der Waals surface area contributed by atoms with Gasteiger partial charge in [-0.25, -0.2) is 4.98 Å². The molecule has 0 spiro atoms. The Hall–Kier alpha value is -3.58. The zero-order chi connectivity index (χ0) is 23.2. The molecule has 0 aliphatic carbocycles. The number of para-hydroxylation sites is 2. The van der Waals surface area contributed by atoms with Crippen LogP contribution in [0.3, 0.4) is 0 Å². The van der Waals surface area contributed by atoms with Crippen LogP contribution in [-0.4, -0.2) is 28.3 Å². The summed E-state index contributed by atoms with van der Waals surface area (Å²) in [5, 5.41) is 3.20. The number of methoxy groups -OCH3 is 1. The van der Waals surface area contributed by atoms with E-state index in [-0.39, 0.29) is 17.2 Å². The molecule has 0 atom stereocenters. The van der Waals surface area contributed by atoms with E-state index in [1.165, 1.54) is 5.56 Å². The number of ether oxygens (including phenoxy) is 1. The van der Waals surface area contributed by atoms with Crippen LogP contribution >= 0.6 is 11.8 Å². The Balaban J connectivity index is 1.50. The van der Waals surface area contributed by atoms with Gasteiger partial charge in [-0.2, -0.15) is 0 Å². The number of fused-ring (bicyclic) bond motifs is 1. The van der Waals surface area contributed by atoms with Crippen molar-refractivity contribution in [3.63, 3.8) is 0 Å². The lowest BCUT2D eigenvalue weighted by Gasteiger charge is -2.12. The molecule has 0 aliphatic rings. The van der Waals surface area contributed by atoms with Crippen LogP contribution in [0.4, 0.5) is 0 Å². The summed E-state index contributed by atoms with van der Waals surface area (Å²) in [5.41, 5.74) is 4.45. The van der Waals surface area contributed by atoms with E-state index in [0.717, 1.165) is 39.7 Å². The van der Waals surface area contributed by atoms with Crippen LogP contribution in [0.1, 0.15) is 16.7 Å². The third-order valence-electron chi connectivity index (χ3n) is 5.25. The average molecular weight is 460 g/mol. The molecule has 3 aromatic carbocycles. The van der Waals surface area contributed by atoms with Gasteiger partial charge in [0.05, 0.1) is 30.4 Å². The van der Waals surface area contributed by atoms with Crippen molar-refractivity contribution in [2.75, 3.05) is 12.9 Å². The van der Waals surface area contributed by atoms with E-state index >= 15 is 0 Å². The highest BCUT2D eigenvalue weighted by Gasteiger charge is 2.14. The molecule has 0 radical (unpaired) electrons. The number of hydrogen-bond acceptors (Lipinski definition) is 5. The maximum absolute atomic E-state index is 13.3. The number of aryl methyl sites for hydroxylation is 1. The minimum atomic E-state index is -0.195. The van der Waals surface area contributed by atoms with Crippen LogP contribution in [0.2, 0.25) is 0 Å². The number of hydrogen-bond donors (Lipinski definition) is 1. The fourth-order valence-corrected chi connectivity index (χ4v) is 4.23. The van der Waals surface area contributed by atoms with Gasteiger partial charge in [0.1, 0.15) is 5.75 Å². The highest BCUT2D eigenvalue weighted by molar-refractivity contribution is 7.99. The molecular formula is C26H25N3O3S. The van der Waals surface area contributed by atoms with Crippen molar-refractivity contribution >= 4 is 28.7 Å². The summed E-state index contributed by atoms with van der Waals surface area (Å²) in [6.45, 7) is 2.86. The first-order valence-corrected chi connectivity index (χ1v) is 11.6. The van der Waals surface area contributed by atoms with Crippen LogP contribution < -0.4 is 15.6 Å². The van der Waals surface area contributed by atoms with E-state index in [0.29, 0.717) is 18.1 Å². The van der Waals surface area contributed by atoms with Gasteiger partial charge in [0, 0.05) is 6.54 Å². The fraction of sp³-hybridized carbons (Fsp3) is 0.192. The molecule has 1 heterocycles. The van der Waals surface area contributed by atoms with Crippen molar-refractivity contribution in [3.8, 4) is 5.75 Å². The maximum atomic E-state index is 13.3. The molecule has 33 heavy (non-hydrogen) atoms. The Morgan fingerprint density at radius 2 is 1.82 bits per heavy atom. The second-order valence-electron chi connectivity index (χ2n) is 7.70. The van der Waals surface area contributed by atoms with Crippen molar-refractivity contribution in [1.82, 2.24) is 14.9 Å². The molecule has 0 aliphatic heterocycles. The Kier molecular flexibility index (Phi) is 7.10. The molecule has 0 saturated carbocycles. The maximum Gasteiger partial charge on any atom is 0.283 e. The quantitative estimate of drug-likeness (QED) is 0.401. The SMILES string of the molecule is COc1cccc(CNC(=O)CSc2nc3ccccc3n(Cc3ccc(C)cc3)c2=O)c1. The first-order valence-electron chi connectivity index (χ1n) is 10.6. The van der Waals surface area contributed by atoms with Crippen LogP contribution in [-0.2, 0) is 17.9 Å². The van der Waals surface area contributed by atoms with Gasteiger partial charge in [-0.1, -0.05) is 65.9 Å². The molecule has 4 rings (SSSR count). The number of nitrogens with one attached hydrogen (secondary N) is 1. The zero-order valence-electron chi connectivity index (χ0n) is 18.6. The van der Waals surface area contributed by atoms with Gasteiger partial charge >= 0.3 is 0 Å². The second kappa shape index (κ2) is 10.4. The van der Waals surface area contributed by atoms with Crippen LogP contribution in [0.15, 0.2) is 82.6 Å². The van der Waals surface area contributed by atoms with E-state index in [9.17, 15) is 9.59 Å². The molecular weight excluding hydrogens is 434 g/mol. The molecule has 0 saturated heterocycles. The summed E-state index contributed by atoms with van der Waals surface area (Å²) in [7, 11) is 1.61. The summed E-state index contributed by atoms with van der Waals surface area (Å²) in [5.74, 6) is 0.683. The van der Waals surface area contributed by atoms with Gasteiger partial charge in [-0.05, 0) is 42.3 Å². The van der Waals surface area contributed by atoms with E-state index in [4.69, 9.17) is 4.74 Å². The zero-order valence-corrected chi connectivity index (χ0v) is 19.4. The smallest absolute Gasteiger partial charge is 0.283 e. The topological polar surface area (TPSA) is 73.2 Å². The lowest BCUT2D eigenvalue weighted by molar-refractivity contribution is -0.118. The van der Waals surface area contributed by atoms with Gasteiger partial charge in [-0.15, -0.1) is 0 Å². The van der Waals surface area contributed by atoms with Crippen molar-refractivity contribution < 1.29 is 9.53 Å². The number of benzene rings is 3. The summed E-state index contributed by atoms with van der Waals surface area (Å²) < 4.78 is 6.94. The van der Waals surface area contributed by atoms with E-state index in [1.54, 1.807) is 11.7 Å². The number of nitrogens with zero attached hydrogens (tertiary/aromatic N) is 2. The van der Waals surface area contributed by atoms with Gasteiger partial charge < -0.3 is 10.1 Å². The van der Waals surface area contributed by atoms with Gasteiger partial charge in [0.15, 0.2) is 5.03 Å². The van der Waals surface area contributed by atoms with Crippen molar-refractivity contribution in [2.24, 2.45) is 0 Å². The third-order valence-corrected chi connectivity index (χ3v) is 6.19. The number of carbonyl (C=O) groups is 1. The molecule has 168 valence electrons. The predicted octanol–water partition coefficient (Wildman–Crippen LogP) is 4.17. The van der Waals surface area contributed by atoms with Crippen LogP contribution in [0.25, 0.3) is 11.0 Å². The van der Waals surface area contributed by atoms with Gasteiger partial charge in [-0.3, -0.25) is 14.2 Å². The van der Waals surface area contributed by atoms with Gasteiger partial charge in [0.25, 0.3) is 5.56 Å². The van der Waals surface area contributed by atoms with Crippen molar-refractivity contribution in [3.05, 3.63) is 99.8 Å². The summed E-state index contributed by atoms with van der Waals surface area (Å²) in [4.78, 5) is 30.2. The monoisotopic (exact) mass is 459 g/mol. The Labute approximate surface area is 196 Å². The fourth-order valence-electron chi connectivity index (χ4n) is 3.46. The number of rotatable bonds is 8. The van der Waals surface area contributed by atoms with E-state index < -0.39 is 0 Å². The van der Waals surface area contributed by atoms with E-state index in [1.807, 2.05) is 79.7 Å². The molecule has 1 amide bonds. The standard InChI is InChI=1S/C26H25N3O3S/c1-18-10-12-19(13-11-18)16-29-23-9-4-3-8-22(23)28-25(26(29)31)33-17-24(30)27-15-20-6-5-7-21(14-20)32-2/h3-14H,15-17H2,1-2H3,(H,27,30). The second-order valence-corrected chi connectivity index (χ2v) is 8.66. The van der Waals surface area contributed by atoms with Crippen LogP contribution in [0, 0.1) is 6.92 Å².